The van der Waals surface area contributed by atoms with Gasteiger partial charge in [-0.05, 0) is 12.1 Å². The fraction of sp³-hybridized carbons (Fsp3) is 0.400. The first kappa shape index (κ1) is 16.3. The highest BCUT2D eigenvalue weighted by Gasteiger charge is 2.25. The first-order chi connectivity index (χ1) is 9.42. The van der Waals surface area contributed by atoms with Crippen LogP contribution in [0.1, 0.15) is 0 Å². The lowest BCUT2D eigenvalue weighted by Crippen LogP contribution is -2.27. The molecule has 1 aromatic carbocycles. The number of sulfonamides is 1. The molecular formula is C10H15N3O6S. The zero-order valence-electron chi connectivity index (χ0n) is 10.4. The highest BCUT2D eigenvalue weighted by molar-refractivity contribution is 7.89. The van der Waals surface area contributed by atoms with Crippen molar-refractivity contribution in [2.45, 2.75) is 4.90 Å². The van der Waals surface area contributed by atoms with Crippen molar-refractivity contribution in [1.82, 2.24) is 4.72 Å². The van der Waals surface area contributed by atoms with Gasteiger partial charge in [-0.25, -0.2) is 13.1 Å². The summed E-state index contributed by atoms with van der Waals surface area (Å²) in [4.78, 5) is 9.67. The van der Waals surface area contributed by atoms with Crippen LogP contribution in [0.2, 0.25) is 0 Å². The monoisotopic (exact) mass is 305 g/mol. The molecule has 4 N–H and O–H groups in total. The van der Waals surface area contributed by atoms with Gasteiger partial charge in [0.1, 0.15) is 0 Å². The Balaban J connectivity index is 3.16. The van der Waals surface area contributed by atoms with E-state index in [0.29, 0.717) is 5.69 Å². The zero-order valence-corrected chi connectivity index (χ0v) is 11.3. The molecule has 10 heteroatoms. The molecule has 0 saturated carbocycles. The number of hydrogen-bond acceptors (Lipinski definition) is 7. The molecule has 0 heterocycles. The van der Waals surface area contributed by atoms with Crippen molar-refractivity contribution in [3.05, 3.63) is 28.3 Å². The first-order valence-electron chi connectivity index (χ1n) is 5.66. The smallest absolute Gasteiger partial charge is 0.291 e. The van der Waals surface area contributed by atoms with Gasteiger partial charge >= 0.3 is 0 Å². The summed E-state index contributed by atoms with van der Waals surface area (Å²) >= 11 is 0. The van der Waals surface area contributed by atoms with Crippen molar-refractivity contribution >= 4 is 21.4 Å². The van der Waals surface area contributed by atoms with Crippen molar-refractivity contribution in [2.24, 2.45) is 0 Å². The Labute approximate surface area is 115 Å². The van der Waals surface area contributed by atoms with E-state index in [0.717, 1.165) is 12.1 Å². The SMILES string of the molecule is O=[N+]([O-])c1cc(NCCO)ccc1S(=O)(=O)NCCO. The lowest BCUT2D eigenvalue weighted by molar-refractivity contribution is -0.387. The molecular weight excluding hydrogens is 290 g/mol. The summed E-state index contributed by atoms with van der Waals surface area (Å²) < 4.78 is 25.7. The fourth-order valence-corrected chi connectivity index (χ4v) is 2.63. The molecule has 0 fully saturated rings. The molecule has 0 radical (unpaired) electrons. The van der Waals surface area contributed by atoms with Gasteiger partial charge in [-0.3, -0.25) is 10.1 Å². The van der Waals surface area contributed by atoms with Crippen molar-refractivity contribution in [1.29, 1.82) is 0 Å². The molecule has 0 unspecified atom stereocenters. The van der Waals surface area contributed by atoms with E-state index in [2.05, 4.69) is 5.32 Å². The number of nitrogens with one attached hydrogen (secondary N) is 2. The van der Waals surface area contributed by atoms with Crippen molar-refractivity contribution in [3.63, 3.8) is 0 Å². The zero-order chi connectivity index (χ0) is 15.2. The normalized spacial score (nSPS) is 11.3. The van der Waals surface area contributed by atoms with Crippen LogP contribution in [0.15, 0.2) is 23.1 Å². The van der Waals surface area contributed by atoms with Gasteiger partial charge in [0.2, 0.25) is 10.0 Å². The third-order valence-electron chi connectivity index (χ3n) is 2.29. The van der Waals surface area contributed by atoms with Crippen molar-refractivity contribution in [3.8, 4) is 0 Å². The molecule has 1 rings (SSSR count). The molecule has 0 spiro atoms. The van der Waals surface area contributed by atoms with Crippen LogP contribution in [-0.2, 0) is 10.0 Å². The predicted molar refractivity (Wildman–Crippen MR) is 70.9 cm³/mol. The van der Waals surface area contributed by atoms with Gasteiger partial charge < -0.3 is 15.5 Å². The molecule has 0 amide bonds. The molecule has 0 aliphatic carbocycles. The van der Waals surface area contributed by atoms with Gasteiger partial charge in [-0.1, -0.05) is 0 Å². The van der Waals surface area contributed by atoms with Crippen LogP contribution in [0.25, 0.3) is 0 Å². The maximum Gasteiger partial charge on any atom is 0.291 e. The molecule has 1 aromatic rings. The topological polar surface area (TPSA) is 142 Å². The minimum Gasteiger partial charge on any atom is -0.395 e. The summed E-state index contributed by atoms with van der Waals surface area (Å²) in [6.07, 6.45) is 0. The number of hydrogen-bond donors (Lipinski definition) is 4. The van der Waals surface area contributed by atoms with Crippen LogP contribution in [0.4, 0.5) is 11.4 Å². The first-order valence-corrected chi connectivity index (χ1v) is 7.14. The lowest BCUT2D eigenvalue weighted by atomic mass is 10.3. The van der Waals surface area contributed by atoms with Gasteiger partial charge in [-0.15, -0.1) is 0 Å². The Morgan fingerprint density at radius 2 is 1.85 bits per heavy atom. The molecule has 9 nitrogen and oxygen atoms in total. The second-order valence-electron chi connectivity index (χ2n) is 3.71. The number of benzene rings is 1. The number of aliphatic hydroxyl groups is 2. The van der Waals surface area contributed by atoms with Gasteiger partial charge in [0.15, 0.2) is 4.90 Å². The minimum absolute atomic E-state index is 0.161. The van der Waals surface area contributed by atoms with Crippen molar-refractivity contribution < 1.29 is 23.6 Å². The maximum atomic E-state index is 11.9. The largest absolute Gasteiger partial charge is 0.395 e. The standard InChI is InChI=1S/C10H15N3O6S/c14-5-3-11-8-1-2-10(9(7-8)13(16)17)20(18,19)12-4-6-15/h1-2,7,11-12,14-15H,3-6H2. The van der Waals surface area contributed by atoms with E-state index in [4.69, 9.17) is 10.2 Å². The minimum atomic E-state index is -4.06. The molecule has 112 valence electrons. The van der Waals surface area contributed by atoms with Crippen LogP contribution in [0.3, 0.4) is 0 Å². The summed E-state index contributed by atoms with van der Waals surface area (Å²) in [5.74, 6) is 0. The van der Waals surface area contributed by atoms with E-state index in [-0.39, 0.29) is 19.7 Å². The average molecular weight is 305 g/mol. The number of aliphatic hydroxyl groups excluding tert-OH is 2. The maximum absolute atomic E-state index is 11.9. The second kappa shape index (κ2) is 7.14. The van der Waals surface area contributed by atoms with E-state index < -0.39 is 32.1 Å². The van der Waals surface area contributed by atoms with E-state index in [1.54, 1.807) is 0 Å². The Kier molecular flexibility index (Phi) is 5.82. The molecule has 0 aliphatic rings. The summed E-state index contributed by atoms with van der Waals surface area (Å²) in [5.41, 5.74) is -0.259. The molecule has 20 heavy (non-hydrogen) atoms. The van der Waals surface area contributed by atoms with E-state index in [1.165, 1.54) is 6.07 Å². The molecule has 0 aromatic heterocycles. The summed E-state index contributed by atoms with van der Waals surface area (Å²) in [6, 6.07) is 3.52. The van der Waals surface area contributed by atoms with E-state index in [1.807, 2.05) is 4.72 Å². The molecule has 0 aliphatic heterocycles. The van der Waals surface area contributed by atoms with Crippen LogP contribution in [0, 0.1) is 10.1 Å². The second-order valence-corrected chi connectivity index (χ2v) is 5.45. The van der Waals surface area contributed by atoms with Crippen LogP contribution in [-0.4, -0.2) is 49.9 Å². The highest BCUT2D eigenvalue weighted by Crippen LogP contribution is 2.27. The summed E-state index contributed by atoms with van der Waals surface area (Å²) in [5, 5.41) is 30.9. The van der Waals surface area contributed by atoms with E-state index in [9.17, 15) is 18.5 Å². The number of nitrogens with zero attached hydrogens (tertiary/aromatic N) is 1. The fourth-order valence-electron chi connectivity index (χ4n) is 1.46. The molecule has 0 atom stereocenters. The van der Waals surface area contributed by atoms with Gasteiger partial charge in [-0.2, -0.15) is 0 Å². The number of anilines is 1. The lowest BCUT2D eigenvalue weighted by Gasteiger charge is -2.09. The Hall–Kier alpha value is -1.75. The molecule has 0 saturated heterocycles. The number of rotatable bonds is 8. The summed E-state index contributed by atoms with van der Waals surface area (Å²) in [7, 11) is -4.06. The third-order valence-corrected chi connectivity index (χ3v) is 3.80. The van der Waals surface area contributed by atoms with Gasteiger partial charge in [0, 0.05) is 24.8 Å². The van der Waals surface area contributed by atoms with Crippen molar-refractivity contribution in [2.75, 3.05) is 31.6 Å². The third kappa shape index (κ3) is 4.13. The predicted octanol–water partition coefficient (Wildman–Crippen LogP) is -0.730. The Morgan fingerprint density at radius 3 is 2.40 bits per heavy atom. The quantitative estimate of drug-likeness (QED) is 0.366. The Morgan fingerprint density at radius 1 is 1.20 bits per heavy atom. The van der Waals surface area contributed by atoms with Gasteiger partial charge in [0.05, 0.1) is 18.1 Å². The number of nitro groups is 1. The van der Waals surface area contributed by atoms with Crippen LogP contribution >= 0.6 is 0 Å². The van der Waals surface area contributed by atoms with Crippen LogP contribution < -0.4 is 10.0 Å². The Bertz CT molecular complexity index is 574. The molecule has 0 bridgehead atoms. The highest BCUT2D eigenvalue weighted by atomic mass is 32.2. The average Bonchev–Trinajstić information content (AvgIpc) is 2.42. The van der Waals surface area contributed by atoms with Gasteiger partial charge in [0.25, 0.3) is 5.69 Å². The summed E-state index contributed by atoms with van der Waals surface area (Å²) in [6.45, 7) is -0.620. The van der Waals surface area contributed by atoms with Crippen LogP contribution in [0.5, 0.6) is 0 Å². The van der Waals surface area contributed by atoms with E-state index >= 15 is 0 Å². The number of nitro benzene ring substituents is 1.